The first-order chi connectivity index (χ1) is 11.3. The minimum Gasteiger partial charge on any atom is -0.496 e. The van der Waals surface area contributed by atoms with E-state index in [1.807, 2.05) is 23.6 Å². The van der Waals surface area contributed by atoms with Gasteiger partial charge in [0.1, 0.15) is 11.5 Å². The first kappa shape index (κ1) is 20.1. The fourth-order valence-corrected chi connectivity index (χ4v) is 2.56. The van der Waals surface area contributed by atoms with Crippen LogP contribution in [0.15, 0.2) is 17.1 Å². The van der Waals surface area contributed by atoms with E-state index in [1.165, 1.54) is 6.92 Å². The number of alkyl halides is 3. The maximum absolute atomic E-state index is 11.3. The average Bonchev–Trinajstić information content (AvgIpc) is 2.97. The summed E-state index contributed by atoms with van der Waals surface area (Å²) < 4.78 is 8.01. The smallest absolute Gasteiger partial charge is 0.245 e. The SMILES string of the molecule is COc1ccc2c3n(c(=NC(C)=O)nc2c1C)CCN3.IC(I)I. The molecule has 0 radical (unpaired) electrons. The van der Waals surface area contributed by atoms with Crippen LogP contribution in [0.25, 0.3) is 10.9 Å². The number of anilines is 1. The number of nitrogens with zero attached hydrogens (tertiary/aromatic N) is 3. The molecule has 0 saturated carbocycles. The molecule has 0 bridgehead atoms. The lowest BCUT2D eigenvalue weighted by molar-refractivity contribution is -0.116. The molecule has 3 rings (SSSR count). The molecule has 0 saturated heterocycles. The van der Waals surface area contributed by atoms with Crippen LogP contribution in [0.4, 0.5) is 5.82 Å². The highest BCUT2D eigenvalue weighted by Gasteiger charge is 2.17. The Kier molecular flexibility index (Phi) is 7.52. The third-order valence-electron chi connectivity index (χ3n) is 3.46. The van der Waals surface area contributed by atoms with Gasteiger partial charge in [-0.1, -0.05) is 67.8 Å². The fourth-order valence-electron chi connectivity index (χ4n) is 2.56. The Balaban J connectivity index is 0.000000471. The van der Waals surface area contributed by atoms with Gasteiger partial charge in [0.2, 0.25) is 11.5 Å². The molecule has 1 aliphatic heterocycles. The van der Waals surface area contributed by atoms with Crippen LogP contribution in [0.1, 0.15) is 12.5 Å². The van der Waals surface area contributed by atoms with Crippen LogP contribution in [-0.2, 0) is 11.3 Å². The summed E-state index contributed by atoms with van der Waals surface area (Å²) in [5.41, 5.74) is 2.20. The summed E-state index contributed by atoms with van der Waals surface area (Å²) in [6.07, 6.45) is 0. The fraction of sp³-hybridized carbons (Fsp3) is 0.400. The van der Waals surface area contributed by atoms with E-state index >= 15 is 0 Å². The lowest BCUT2D eigenvalue weighted by atomic mass is 10.1. The number of aryl methyl sites for hydroxylation is 1. The summed E-state index contributed by atoms with van der Waals surface area (Å²) in [7, 11) is 1.63. The first-order valence-corrected chi connectivity index (χ1v) is 10.9. The molecule has 1 aromatic heterocycles. The van der Waals surface area contributed by atoms with Crippen molar-refractivity contribution in [1.29, 1.82) is 0 Å². The summed E-state index contributed by atoms with van der Waals surface area (Å²) >= 11 is 6.95. The van der Waals surface area contributed by atoms with Crippen molar-refractivity contribution in [3.8, 4) is 5.75 Å². The van der Waals surface area contributed by atoms with Gasteiger partial charge in [-0.15, -0.1) is 0 Å². The Morgan fingerprint density at radius 1 is 1.42 bits per heavy atom. The van der Waals surface area contributed by atoms with Gasteiger partial charge < -0.3 is 10.1 Å². The number of fused-ring (bicyclic) bond motifs is 3. The van der Waals surface area contributed by atoms with E-state index < -0.39 is 0 Å². The number of ether oxygens (including phenoxy) is 1. The second-order valence-electron chi connectivity index (χ2n) is 5.01. The molecule has 6 nitrogen and oxygen atoms in total. The highest BCUT2D eigenvalue weighted by molar-refractivity contribution is 14.3. The van der Waals surface area contributed by atoms with Gasteiger partial charge in [0.25, 0.3) is 0 Å². The Hall–Kier alpha value is -0.180. The topological polar surface area (TPSA) is 68.5 Å². The summed E-state index contributed by atoms with van der Waals surface area (Å²) in [6, 6.07) is 3.91. The molecule has 2 aromatic rings. The molecule has 1 aliphatic rings. The van der Waals surface area contributed by atoms with Crippen molar-refractivity contribution in [3.05, 3.63) is 23.3 Å². The van der Waals surface area contributed by atoms with Crippen molar-refractivity contribution in [2.45, 2.75) is 20.3 Å². The Bertz CT molecular complexity index is 831. The van der Waals surface area contributed by atoms with Gasteiger partial charge in [0.05, 0.1) is 12.6 Å². The second-order valence-corrected chi connectivity index (χ2v) is 15.9. The van der Waals surface area contributed by atoms with Gasteiger partial charge in [-0.05, 0) is 19.1 Å². The van der Waals surface area contributed by atoms with Gasteiger partial charge in [0, 0.05) is 31.0 Å². The molecular formula is C15H17I3N4O2. The van der Waals surface area contributed by atoms with Gasteiger partial charge in [-0.2, -0.15) is 4.99 Å². The van der Waals surface area contributed by atoms with Crippen LogP contribution in [0.3, 0.4) is 0 Å². The molecule has 0 atom stereocenters. The van der Waals surface area contributed by atoms with Crippen molar-refractivity contribution < 1.29 is 9.53 Å². The van der Waals surface area contributed by atoms with Crippen molar-refractivity contribution in [2.24, 2.45) is 4.99 Å². The predicted octanol–water partition coefficient (Wildman–Crippen LogP) is 3.80. The van der Waals surface area contributed by atoms with Gasteiger partial charge in [-0.25, -0.2) is 4.98 Å². The first-order valence-electron chi connectivity index (χ1n) is 7.14. The van der Waals surface area contributed by atoms with E-state index in [2.05, 4.69) is 83.1 Å². The maximum atomic E-state index is 11.3. The maximum Gasteiger partial charge on any atom is 0.245 e. The summed E-state index contributed by atoms with van der Waals surface area (Å²) in [6.45, 7) is 4.96. The molecule has 1 aromatic carbocycles. The molecule has 0 aliphatic carbocycles. The number of amides is 1. The highest BCUT2D eigenvalue weighted by atomic mass is 127. The number of halogens is 3. The molecule has 1 N–H and O–H groups in total. The Labute approximate surface area is 181 Å². The second kappa shape index (κ2) is 8.96. The molecule has 24 heavy (non-hydrogen) atoms. The minimum absolute atomic E-state index is 0.251. The van der Waals surface area contributed by atoms with Crippen LogP contribution in [0.2, 0.25) is 0 Å². The number of carbonyl (C=O) groups excluding carboxylic acids is 1. The number of hydrogen-bond donors (Lipinski definition) is 1. The van der Waals surface area contributed by atoms with E-state index in [1.54, 1.807) is 7.11 Å². The van der Waals surface area contributed by atoms with Crippen molar-refractivity contribution >= 4 is 90.4 Å². The van der Waals surface area contributed by atoms with Crippen molar-refractivity contribution in [2.75, 3.05) is 19.0 Å². The molecule has 0 spiro atoms. The molecule has 130 valence electrons. The van der Waals surface area contributed by atoms with Crippen molar-refractivity contribution in [3.63, 3.8) is 0 Å². The molecule has 0 fully saturated rings. The lowest BCUT2D eigenvalue weighted by Crippen LogP contribution is -2.24. The quantitative estimate of drug-likeness (QED) is 0.372. The monoisotopic (exact) mass is 666 g/mol. The van der Waals surface area contributed by atoms with E-state index in [-0.39, 0.29) is 5.91 Å². The van der Waals surface area contributed by atoms with E-state index in [4.69, 9.17) is 4.74 Å². The van der Waals surface area contributed by atoms with Gasteiger partial charge in [-0.3, -0.25) is 9.36 Å². The minimum atomic E-state index is -0.251. The molecule has 0 unspecified atom stereocenters. The number of rotatable bonds is 1. The zero-order valence-electron chi connectivity index (χ0n) is 13.4. The Morgan fingerprint density at radius 2 is 2.08 bits per heavy atom. The van der Waals surface area contributed by atoms with E-state index in [9.17, 15) is 4.79 Å². The Morgan fingerprint density at radius 3 is 2.67 bits per heavy atom. The molecule has 1 amide bonds. The summed E-state index contributed by atoms with van der Waals surface area (Å²) in [5.74, 6) is 1.49. The highest BCUT2D eigenvalue weighted by Crippen LogP contribution is 2.30. The van der Waals surface area contributed by atoms with Crippen LogP contribution < -0.4 is 15.7 Å². The molecule has 2 heterocycles. The van der Waals surface area contributed by atoms with E-state index in [0.717, 1.165) is 41.1 Å². The number of aromatic nitrogens is 2. The standard InChI is InChI=1S/C14H16N4O2.CHI3/c1-8-11(20-3)5-4-10-12(8)17-14(16-9(2)19)18-7-6-15-13(10)18;2-1(3)4/h4-5,15H,6-7H2,1-3H3;1H. The summed E-state index contributed by atoms with van der Waals surface area (Å²) in [4.78, 5) is 19.9. The molecule has 9 heteroatoms. The molecular weight excluding hydrogens is 649 g/mol. The van der Waals surface area contributed by atoms with Crippen LogP contribution >= 0.6 is 67.8 Å². The lowest BCUT2D eigenvalue weighted by Gasteiger charge is -2.12. The van der Waals surface area contributed by atoms with Gasteiger partial charge >= 0.3 is 0 Å². The van der Waals surface area contributed by atoms with Crippen LogP contribution in [0, 0.1) is 6.92 Å². The third-order valence-corrected chi connectivity index (χ3v) is 3.46. The number of carbonyl (C=O) groups is 1. The summed E-state index contributed by atoms with van der Waals surface area (Å²) in [5, 5.41) is 4.35. The average molecular weight is 666 g/mol. The van der Waals surface area contributed by atoms with Crippen LogP contribution in [-0.4, -0.2) is 29.1 Å². The van der Waals surface area contributed by atoms with Gasteiger partial charge in [0.15, 0.2) is 0 Å². The number of hydrogen-bond acceptors (Lipinski definition) is 4. The van der Waals surface area contributed by atoms with E-state index in [0.29, 0.717) is 5.62 Å². The van der Waals surface area contributed by atoms with Crippen LogP contribution in [0.5, 0.6) is 5.75 Å². The number of benzene rings is 1. The predicted molar refractivity (Wildman–Crippen MR) is 122 cm³/mol. The van der Waals surface area contributed by atoms with Crippen molar-refractivity contribution in [1.82, 2.24) is 9.55 Å². The zero-order valence-corrected chi connectivity index (χ0v) is 19.9. The number of nitrogens with one attached hydrogen (secondary N) is 1. The largest absolute Gasteiger partial charge is 0.496 e. The normalized spacial score (nSPS) is 13.4. The zero-order chi connectivity index (χ0) is 17.9. The number of methoxy groups -OCH3 is 1. The third kappa shape index (κ3) is 4.71.